The van der Waals surface area contributed by atoms with Gasteiger partial charge in [-0.15, -0.1) is 0 Å². The van der Waals surface area contributed by atoms with E-state index in [4.69, 9.17) is 19.2 Å². The molecule has 3 saturated heterocycles. The van der Waals surface area contributed by atoms with Crippen molar-refractivity contribution in [3.8, 4) is 23.0 Å². The van der Waals surface area contributed by atoms with Gasteiger partial charge in [0.1, 0.15) is 47.3 Å². The molecule has 2 N–H and O–H groups in total. The molecule has 1 amide bonds. The number of aromatic hydroxyl groups is 1. The first-order valence-corrected chi connectivity index (χ1v) is 19.0. The predicted molar refractivity (Wildman–Crippen MR) is 193 cm³/mol. The number of hydrogen-bond acceptors (Lipinski definition) is 12. The largest absolute Gasteiger partial charge is 0.507 e. The second-order valence-corrected chi connectivity index (χ2v) is 15.8. The summed E-state index contributed by atoms with van der Waals surface area (Å²) < 4.78 is 49.1. The molecule has 2 aromatic heterocycles. The molecule has 0 unspecified atom stereocenters. The van der Waals surface area contributed by atoms with Crippen LogP contribution in [0.3, 0.4) is 0 Å². The van der Waals surface area contributed by atoms with Crippen LogP contribution in [0.4, 0.5) is 25.1 Å². The van der Waals surface area contributed by atoms with Crippen molar-refractivity contribution in [3.63, 3.8) is 0 Å². The van der Waals surface area contributed by atoms with E-state index < -0.39 is 35.3 Å². The monoisotopic (exact) mass is 787 g/mol. The maximum atomic E-state index is 17.0. The zero-order chi connectivity index (χ0) is 36.8. The molecule has 4 aliphatic heterocycles. The van der Waals surface area contributed by atoms with Crippen LogP contribution in [0.25, 0.3) is 22.2 Å². The van der Waals surface area contributed by atoms with Gasteiger partial charge in [-0.2, -0.15) is 9.97 Å². The van der Waals surface area contributed by atoms with Gasteiger partial charge in [-0.1, -0.05) is 15.9 Å². The summed E-state index contributed by atoms with van der Waals surface area (Å²) in [7, 11) is 0. The third-order valence-corrected chi connectivity index (χ3v) is 10.7. The fourth-order valence-corrected chi connectivity index (χ4v) is 8.10. The molecular formula is C36H44BrF2N7O6. The Morgan fingerprint density at radius 1 is 1.17 bits per heavy atom. The van der Waals surface area contributed by atoms with Crippen LogP contribution < -0.4 is 20.1 Å². The number of pyridine rings is 1. The van der Waals surface area contributed by atoms with Crippen LogP contribution in [0.5, 0.6) is 11.8 Å². The second-order valence-electron chi connectivity index (χ2n) is 15.0. The minimum atomic E-state index is -0.952. The molecule has 3 fully saturated rings. The summed E-state index contributed by atoms with van der Waals surface area (Å²) in [5.41, 5.74) is 2.43. The number of hydrogen-bond donors (Lipinski definition) is 2. The summed E-state index contributed by atoms with van der Waals surface area (Å²) in [6.07, 6.45) is 3.86. The second kappa shape index (κ2) is 14.5. The molecular weight excluding hydrogens is 744 g/mol. The molecule has 6 heterocycles. The van der Waals surface area contributed by atoms with Crippen LogP contribution in [0, 0.1) is 5.82 Å². The molecule has 52 heavy (non-hydrogen) atoms. The molecule has 0 saturated carbocycles. The van der Waals surface area contributed by atoms with Gasteiger partial charge in [-0.3, -0.25) is 14.7 Å². The van der Waals surface area contributed by atoms with Crippen molar-refractivity contribution < 1.29 is 37.7 Å². The molecule has 16 heteroatoms. The van der Waals surface area contributed by atoms with Crippen molar-refractivity contribution in [2.75, 3.05) is 48.0 Å². The Hall–Kier alpha value is -3.89. The number of piperidine rings is 1. The number of hydrazine groups is 1. The smallest absolute Gasteiger partial charge is 0.429 e. The van der Waals surface area contributed by atoms with Crippen LogP contribution in [0.15, 0.2) is 18.3 Å². The van der Waals surface area contributed by atoms with Crippen molar-refractivity contribution in [1.82, 2.24) is 25.3 Å². The van der Waals surface area contributed by atoms with E-state index in [0.29, 0.717) is 79.5 Å². The fraction of sp³-hybridized carbons (Fsp3) is 0.583. The molecule has 0 bridgehead atoms. The lowest BCUT2D eigenvalue weighted by molar-refractivity contribution is -0.149. The number of alkyl halides is 2. The standard InChI is InChI=1S/C36H44BrF2N7O6/c1-35(2,3)52-34(49)46-25-9-10-26(47)28(23(25)17-41-46)31-29(39)30-24(16-40-31)32(44-13-5-7-22(19-44)51-27(48)8-4-12-37)43-33(42-30)50-20-36-11-6-14-45(36)18-21(38)15-36/h9-10,16,21-22,41,47H,4-8,11-15,17-20H2,1-3H3/t21-,22-,36+/m1/s1. The first-order chi connectivity index (χ1) is 24.9. The molecule has 3 atom stereocenters. The third kappa shape index (κ3) is 7.21. The number of carbonyl (C=O) groups excluding carboxylic acids is 2. The van der Waals surface area contributed by atoms with Crippen LogP contribution in [-0.4, -0.2) is 98.6 Å². The molecule has 13 nitrogen and oxygen atoms in total. The number of phenols is 1. The number of amides is 1. The van der Waals surface area contributed by atoms with E-state index in [2.05, 4.69) is 36.2 Å². The molecule has 4 aliphatic rings. The average Bonchev–Trinajstić information content (AvgIpc) is 3.78. The lowest BCUT2D eigenvalue weighted by Crippen LogP contribution is -2.43. The molecule has 7 rings (SSSR count). The number of nitrogens with one attached hydrogen (secondary N) is 1. The Morgan fingerprint density at radius 2 is 2.00 bits per heavy atom. The summed E-state index contributed by atoms with van der Waals surface area (Å²) in [4.78, 5) is 43.4. The van der Waals surface area contributed by atoms with Gasteiger partial charge in [0.15, 0.2) is 5.82 Å². The van der Waals surface area contributed by atoms with Crippen molar-refractivity contribution in [2.24, 2.45) is 0 Å². The van der Waals surface area contributed by atoms with Crippen LogP contribution in [0.1, 0.15) is 71.3 Å². The number of fused-ring (bicyclic) bond motifs is 3. The number of phenolic OH excluding ortho intramolecular Hbond substituents is 1. The van der Waals surface area contributed by atoms with E-state index in [1.807, 2.05) is 4.90 Å². The van der Waals surface area contributed by atoms with Gasteiger partial charge < -0.3 is 24.2 Å². The molecule has 280 valence electrons. The number of anilines is 2. The Bertz CT molecular complexity index is 1860. The number of nitrogens with zero attached hydrogens (tertiary/aromatic N) is 6. The van der Waals surface area contributed by atoms with E-state index in [0.717, 1.165) is 19.4 Å². The lowest BCUT2D eigenvalue weighted by Gasteiger charge is -2.34. The topological polar surface area (TPSA) is 142 Å². The summed E-state index contributed by atoms with van der Waals surface area (Å²) >= 11 is 3.35. The van der Waals surface area contributed by atoms with Gasteiger partial charge in [-0.05, 0) is 71.6 Å². The number of ether oxygens (including phenoxy) is 3. The Morgan fingerprint density at radius 3 is 2.79 bits per heavy atom. The maximum absolute atomic E-state index is 17.0. The van der Waals surface area contributed by atoms with Gasteiger partial charge in [-0.25, -0.2) is 24.0 Å². The zero-order valence-corrected chi connectivity index (χ0v) is 31.2. The number of aromatic nitrogens is 3. The predicted octanol–water partition coefficient (Wildman–Crippen LogP) is 5.94. The minimum Gasteiger partial charge on any atom is -0.507 e. The Labute approximate surface area is 309 Å². The average molecular weight is 789 g/mol. The number of halogens is 3. The van der Waals surface area contributed by atoms with Gasteiger partial charge in [0, 0.05) is 49.6 Å². The van der Waals surface area contributed by atoms with Crippen molar-refractivity contribution in [2.45, 2.75) is 95.7 Å². The zero-order valence-electron chi connectivity index (χ0n) is 29.6. The summed E-state index contributed by atoms with van der Waals surface area (Å²) in [6.45, 7) is 7.53. The first-order valence-electron chi connectivity index (χ1n) is 17.9. The summed E-state index contributed by atoms with van der Waals surface area (Å²) in [5, 5.41) is 13.3. The summed E-state index contributed by atoms with van der Waals surface area (Å²) in [5.74, 6) is -0.954. The van der Waals surface area contributed by atoms with E-state index in [-0.39, 0.29) is 47.7 Å². The molecule has 3 aromatic rings. The first kappa shape index (κ1) is 36.5. The van der Waals surface area contributed by atoms with E-state index >= 15 is 4.39 Å². The van der Waals surface area contributed by atoms with Crippen LogP contribution >= 0.6 is 15.9 Å². The minimum absolute atomic E-state index is 0.0706. The van der Waals surface area contributed by atoms with E-state index in [1.165, 1.54) is 17.3 Å². The number of rotatable bonds is 9. The van der Waals surface area contributed by atoms with Gasteiger partial charge in [0.2, 0.25) is 0 Å². The normalized spacial score (nSPS) is 23.2. The van der Waals surface area contributed by atoms with Crippen molar-refractivity contribution in [3.05, 3.63) is 29.7 Å². The Kier molecular flexibility index (Phi) is 10.2. The van der Waals surface area contributed by atoms with E-state index in [9.17, 15) is 19.1 Å². The lowest BCUT2D eigenvalue weighted by atomic mass is 9.95. The van der Waals surface area contributed by atoms with Crippen LogP contribution in [0.2, 0.25) is 0 Å². The van der Waals surface area contributed by atoms with Crippen molar-refractivity contribution >= 4 is 50.4 Å². The SMILES string of the molecule is CC(C)(C)OC(=O)N1NCc2c1ccc(O)c2-c1ncc2c(N3CCC[C@@H](OC(=O)CCCBr)C3)nc(OC[C@@]34CCCN3C[C@H](F)C4)nc2c1F. The van der Waals surface area contributed by atoms with Crippen LogP contribution in [-0.2, 0) is 20.8 Å². The highest BCUT2D eigenvalue weighted by molar-refractivity contribution is 9.09. The number of benzene rings is 1. The van der Waals surface area contributed by atoms with Gasteiger partial charge in [0.25, 0.3) is 0 Å². The molecule has 1 aromatic carbocycles. The highest BCUT2D eigenvalue weighted by atomic mass is 79.9. The number of esters is 1. The summed E-state index contributed by atoms with van der Waals surface area (Å²) in [6, 6.07) is 2.86. The quantitative estimate of drug-likeness (QED) is 0.196. The molecule has 0 spiro atoms. The number of carbonyl (C=O) groups is 2. The highest BCUT2D eigenvalue weighted by Crippen LogP contribution is 2.44. The Balaban J connectivity index is 1.27. The third-order valence-electron chi connectivity index (χ3n) is 10.1. The van der Waals surface area contributed by atoms with E-state index in [1.54, 1.807) is 26.8 Å². The van der Waals surface area contributed by atoms with Crippen molar-refractivity contribution in [1.29, 1.82) is 0 Å². The molecule has 0 radical (unpaired) electrons. The maximum Gasteiger partial charge on any atom is 0.429 e. The fourth-order valence-electron chi connectivity index (χ4n) is 7.82. The molecule has 0 aliphatic carbocycles. The highest BCUT2D eigenvalue weighted by Gasteiger charge is 2.49. The van der Waals surface area contributed by atoms with Gasteiger partial charge >= 0.3 is 18.1 Å². The van der Waals surface area contributed by atoms with Gasteiger partial charge in [0.05, 0.1) is 28.7 Å².